The average molecular weight is 224 g/mol. The van der Waals surface area contributed by atoms with Crippen LogP contribution in [0.2, 0.25) is 0 Å². The predicted molar refractivity (Wildman–Crippen MR) is 62.8 cm³/mol. The number of amides is 1. The van der Waals surface area contributed by atoms with Gasteiger partial charge in [-0.2, -0.15) is 5.10 Å². The minimum atomic E-state index is -0.774. The molecule has 0 fully saturated rings. The lowest BCUT2D eigenvalue weighted by Gasteiger charge is -2.21. The molecule has 1 aromatic heterocycles. The van der Waals surface area contributed by atoms with Crippen LogP contribution >= 0.6 is 0 Å². The van der Waals surface area contributed by atoms with Gasteiger partial charge in [-0.25, -0.2) is 0 Å². The fraction of sp³-hybridized carbons (Fsp3) is 0.636. The molecule has 3 N–H and O–H groups in total. The van der Waals surface area contributed by atoms with Crippen molar-refractivity contribution in [3.8, 4) is 0 Å². The van der Waals surface area contributed by atoms with Crippen LogP contribution < -0.4 is 11.1 Å². The molecule has 5 heteroatoms. The molecule has 1 heterocycles. The van der Waals surface area contributed by atoms with Gasteiger partial charge in [0.15, 0.2) is 0 Å². The van der Waals surface area contributed by atoms with Gasteiger partial charge in [-0.05, 0) is 19.4 Å². The van der Waals surface area contributed by atoms with Crippen molar-refractivity contribution in [2.75, 3.05) is 6.54 Å². The number of nitrogens with one attached hydrogen (secondary N) is 1. The quantitative estimate of drug-likeness (QED) is 0.750. The van der Waals surface area contributed by atoms with E-state index in [2.05, 4.69) is 10.4 Å². The molecule has 0 radical (unpaired) electrons. The molecule has 0 saturated heterocycles. The number of carbonyl (C=O) groups is 1. The summed E-state index contributed by atoms with van der Waals surface area (Å²) in [5.74, 6) is -0.106. The highest BCUT2D eigenvalue weighted by atomic mass is 16.2. The van der Waals surface area contributed by atoms with Crippen LogP contribution in [-0.4, -0.2) is 27.8 Å². The summed E-state index contributed by atoms with van der Waals surface area (Å²) in [5.41, 5.74) is 6.01. The average Bonchev–Trinajstić information content (AvgIpc) is 2.64. The third-order valence-corrected chi connectivity index (χ3v) is 2.69. The third-order valence-electron chi connectivity index (χ3n) is 2.69. The van der Waals surface area contributed by atoms with E-state index < -0.39 is 5.54 Å². The minimum absolute atomic E-state index is 0.106. The molecule has 0 aliphatic heterocycles. The van der Waals surface area contributed by atoms with Gasteiger partial charge in [-0.3, -0.25) is 9.48 Å². The first-order chi connectivity index (χ1) is 7.45. The van der Waals surface area contributed by atoms with Crippen LogP contribution in [0.3, 0.4) is 0 Å². The molecule has 5 nitrogen and oxygen atoms in total. The Kier molecular flexibility index (Phi) is 4.06. The van der Waals surface area contributed by atoms with Crippen molar-refractivity contribution in [2.24, 2.45) is 12.8 Å². The highest BCUT2D eigenvalue weighted by Gasteiger charge is 2.25. The predicted octanol–water partition coefficient (Wildman–Crippen LogP) is 0.206. The van der Waals surface area contributed by atoms with Gasteiger partial charge in [0.1, 0.15) is 0 Å². The molecule has 16 heavy (non-hydrogen) atoms. The first-order valence-corrected chi connectivity index (χ1v) is 5.51. The molecule has 0 spiro atoms. The second kappa shape index (κ2) is 5.12. The Morgan fingerprint density at radius 3 is 2.88 bits per heavy atom. The van der Waals surface area contributed by atoms with E-state index in [0.717, 1.165) is 12.1 Å². The van der Waals surface area contributed by atoms with Crippen molar-refractivity contribution >= 4 is 5.91 Å². The third kappa shape index (κ3) is 3.34. The van der Waals surface area contributed by atoms with Crippen LogP contribution in [0.15, 0.2) is 12.3 Å². The van der Waals surface area contributed by atoms with Crippen LogP contribution in [-0.2, 0) is 18.3 Å². The maximum absolute atomic E-state index is 11.6. The first-order valence-electron chi connectivity index (χ1n) is 5.51. The van der Waals surface area contributed by atoms with Gasteiger partial charge in [0, 0.05) is 26.2 Å². The molecular formula is C11H20N4O. The van der Waals surface area contributed by atoms with Crippen LogP contribution in [0.25, 0.3) is 0 Å². The van der Waals surface area contributed by atoms with E-state index in [4.69, 9.17) is 5.73 Å². The molecule has 90 valence electrons. The monoisotopic (exact) mass is 224 g/mol. The van der Waals surface area contributed by atoms with Crippen molar-refractivity contribution in [2.45, 2.75) is 32.2 Å². The van der Waals surface area contributed by atoms with Gasteiger partial charge in [0.25, 0.3) is 0 Å². The molecule has 0 aliphatic carbocycles. The fourth-order valence-electron chi connectivity index (χ4n) is 1.26. The summed E-state index contributed by atoms with van der Waals surface area (Å²) in [6, 6.07) is 1.94. The highest BCUT2D eigenvalue weighted by molar-refractivity contribution is 5.85. The van der Waals surface area contributed by atoms with Crippen molar-refractivity contribution < 1.29 is 4.79 Å². The van der Waals surface area contributed by atoms with Gasteiger partial charge in [-0.1, -0.05) is 6.92 Å². The van der Waals surface area contributed by atoms with E-state index in [1.54, 1.807) is 11.6 Å². The van der Waals surface area contributed by atoms with Gasteiger partial charge in [-0.15, -0.1) is 0 Å². The molecule has 1 amide bonds. The normalized spacial score (nSPS) is 14.5. The maximum atomic E-state index is 11.6. The Morgan fingerprint density at radius 2 is 2.38 bits per heavy atom. The summed E-state index contributed by atoms with van der Waals surface area (Å²) in [6.07, 6.45) is 3.24. The second-order valence-corrected chi connectivity index (χ2v) is 4.26. The Bertz CT molecular complexity index is 357. The molecule has 0 bridgehead atoms. The summed E-state index contributed by atoms with van der Waals surface area (Å²) < 4.78 is 1.75. The summed E-state index contributed by atoms with van der Waals surface area (Å²) in [6.45, 7) is 4.21. The summed E-state index contributed by atoms with van der Waals surface area (Å²) in [7, 11) is 1.87. The van der Waals surface area contributed by atoms with Gasteiger partial charge in [0.2, 0.25) is 5.91 Å². The Labute approximate surface area is 96.0 Å². The Hall–Kier alpha value is -1.36. The lowest BCUT2D eigenvalue weighted by atomic mass is 9.99. The molecule has 0 saturated carbocycles. The van der Waals surface area contributed by atoms with Crippen LogP contribution in [0.4, 0.5) is 0 Å². The van der Waals surface area contributed by atoms with E-state index in [9.17, 15) is 4.79 Å². The summed E-state index contributed by atoms with van der Waals surface area (Å²) in [5, 5.41) is 7.04. The Balaban J connectivity index is 2.33. The van der Waals surface area contributed by atoms with Crippen molar-refractivity contribution in [3.63, 3.8) is 0 Å². The molecule has 1 rings (SSSR count). The number of nitrogens with zero attached hydrogens (tertiary/aromatic N) is 2. The number of hydrogen-bond donors (Lipinski definition) is 2. The number of aryl methyl sites for hydroxylation is 1. The SMILES string of the molecule is CCC(C)(N)C(=O)NCCc1ccn(C)n1. The number of hydrogen-bond acceptors (Lipinski definition) is 3. The van der Waals surface area contributed by atoms with Gasteiger partial charge in [0.05, 0.1) is 11.2 Å². The minimum Gasteiger partial charge on any atom is -0.354 e. The molecule has 0 aromatic carbocycles. The number of nitrogens with two attached hydrogens (primary N) is 1. The van der Waals surface area contributed by atoms with E-state index in [-0.39, 0.29) is 5.91 Å². The van der Waals surface area contributed by atoms with Gasteiger partial charge >= 0.3 is 0 Å². The van der Waals surface area contributed by atoms with E-state index >= 15 is 0 Å². The summed E-state index contributed by atoms with van der Waals surface area (Å²) >= 11 is 0. The molecular weight excluding hydrogens is 204 g/mol. The van der Waals surface area contributed by atoms with Crippen molar-refractivity contribution in [1.29, 1.82) is 0 Å². The number of rotatable bonds is 5. The molecule has 1 aromatic rings. The zero-order valence-electron chi connectivity index (χ0n) is 10.2. The summed E-state index contributed by atoms with van der Waals surface area (Å²) in [4.78, 5) is 11.6. The Morgan fingerprint density at radius 1 is 1.69 bits per heavy atom. The van der Waals surface area contributed by atoms with Crippen LogP contribution in [0, 0.1) is 0 Å². The fourth-order valence-corrected chi connectivity index (χ4v) is 1.26. The lowest BCUT2D eigenvalue weighted by Crippen LogP contribution is -2.51. The lowest BCUT2D eigenvalue weighted by molar-refractivity contribution is -0.125. The highest BCUT2D eigenvalue weighted by Crippen LogP contribution is 2.04. The largest absolute Gasteiger partial charge is 0.354 e. The topological polar surface area (TPSA) is 72.9 Å². The van der Waals surface area contributed by atoms with Gasteiger partial charge < -0.3 is 11.1 Å². The van der Waals surface area contributed by atoms with Crippen LogP contribution in [0.5, 0.6) is 0 Å². The zero-order chi connectivity index (χ0) is 12.2. The van der Waals surface area contributed by atoms with Crippen molar-refractivity contribution in [3.05, 3.63) is 18.0 Å². The van der Waals surface area contributed by atoms with Crippen molar-refractivity contribution in [1.82, 2.24) is 15.1 Å². The standard InChI is InChI=1S/C11H20N4O/c1-4-11(2,12)10(16)13-7-5-9-6-8-15(3)14-9/h6,8H,4-5,7,12H2,1-3H3,(H,13,16). The first kappa shape index (κ1) is 12.7. The van der Waals surface area contributed by atoms with E-state index in [1.807, 2.05) is 26.2 Å². The van der Waals surface area contributed by atoms with E-state index in [1.165, 1.54) is 0 Å². The maximum Gasteiger partial charge on any atom is 0.239 e. The van der Waals surface area contributed by atoms with Crippen LogP contribution in [0.1, 0.15) is 26.0 Å². The molecule has 1 atom stereocenters. The number of carbonyl (C=O) groups excluding carboxylic acids is 1. The molecule has 1 unspecified atom stereocenters. The number of aromatic nitrogens is 2. The molecule has 0 aliphatic rings. The smallest absolute Gasteiger partial charge is 0.239 e. The zero-order valence-corrected chi connectivity index (χ0v) is 10.2. The van der Waals surface area contributed by atoms with E-state index in [0.29, 0.717) is 13.0 Å². The second-order valence-electron chi connectivity index (χ2n) is 4.26.